The van der Waals surface area contributed by atoms with Gasteiger partial charge >= 0.3 is 26.2 Å². The molecule has 0 aliphatic rings. The first-order valence-electron chi connectivity index (χ1n) is 8.28. The summed E-state index contributed by atoms with van der Waals surface area (Å²) < 4.78 is 0. The fourth-order valence-electron chi connectivity index (χ4n) is 1.25. The van der Waals surface area contributed by atoms with E-state index >= 15 is 0 Å². The Labute approximate surface area is 169 Å². The van der Waals surface area contributed by atoms with E-state index in [1.165, 1.54) is 0 Å². The van der Waals surface area contributed by atoms with Crippen LogP contribution in [0.2, 0.25) is 0 Å². The number of Topliss-reactive ketones (excluding diaryl/α,β-unsaturated/α-hetero) is 2. The van der Waals surface area contributed by atoms with Crippen molar-refractivity contribution in [1.29, 1.82) is 0 Å². The first kappa shape index (κ1) is 31.9. The van der Waals surface area contributed by atoms with Crippen LogP contribution in [0.15, 0.2) is 0 Å². The van der Waals surface area contributed by atoms with Crippen LogP contribution in [0.1, 0.15) is 78.6 Å². The van der Waals surface area contributed by atoms with Crippen LogP contribution in [0, 0.1) is 0 Å². The number of aliphatic hydroxyl groups excluding tert-OH is 1. The van der Waals surface area contributed by atoms with Crippen LogP contribution in [0.5, 0.6) is 0 Å². The maximum absolute atomic E-state index is 10.6. The van der Waals surface area contributed by atoms with Crippen LogP contribution in [0.4, 0.5) is 0 Å². The average Bonchev–Trinajstić information content (AvgIpc) is 2.50. The molecule has 0 spiro atoms. The van der Waals surface area contributed by atoms with Crippen molar-refractivity contribution in [3.8, 4) is 0 Å². The monoisotopic (exact) mass is 436 g/mol. The number of hydrogen-bond acceptors (Lipinski definition) is 7. The molecule has 0 aromatic carbocycles. The summed E-state index contributed by atoms with van der Waals surface area (Å²) in [5, 5.41) is 27.6. The first-order valence-corrected chi connectivity index (χ1v) is 8.28. The molecule has 144 valence electrons. The van der Waals surface area contributed by atoms with E-state index in [-0.39, 0.29) is 37.8 Å². The Morgan fingerprint density at radius 1 is 0.720 bits per heavy atom. The molecular formula is C17H30O7Zr. The maximum Gasteiger partial charge on any atom is 2.00 e. The Morgan fingerprint density at radius 3 is 1.16 bits per heavy atom. The second-order valence-corrected chi connectivity index (χ2v) is 5.11. The number of carboxylic acid groups (broad SMARTS) is 2. The molecule has 0 aromatic rings. The van der Waals surface area contributed by atoms with Gasteiger partial charge in [-0.25, -0.2) is 0 Å². The minimum absolute atomic E-state index is 0. The van der Waals surface area contributed by atoms with Crippen LogP contribution in [0.25, 0.3) is 0 Å². The predicted octanol–water partition coefficient (Wildman–Crippen LogP) is 0.158. The quantitative estimate of drug-likeness (QED) is 0.455. The number of carboxylic acids is 2. The molecule has 0 unspecified atom stereocenters. The summed E-state index contributed by atoms with van der Waals surface area (Å²) in [4.78, 5) is 40.9. The molecule has 0 aromatic heterocycles. The zero-order valence-electron chi connectivity index (χ0n) is 15.5. The van der Waals surface area contributed by atoms with Gasteiger partial charge in [0.15, 0.2) is 0 Å². The number of unbranched alkanes of at least 4 members (excludes halogenated alkanes) is 2. The van der Waals surface area contributed by atoms with Gasteiger partial charge in [-0.1, -0.05) is 33.6 Å². The third-order valence-electron chi connectivity index (χ3n) is 2.52. The molecule has 0 saturated carbocycles. The van der Waals surface area contributed by atoms with E-state index in [1.807, 2.05) is 20.8 Å². The zero-order valence-corrected chi connectivity index (χ0v) is 17.9. The third-order valence-corrected chi connectivity index (χ3v) is 2.52. The zero-order chi connectivity index (χ0) is 19.4. The summed E-state index contributed by atoms with van der Waals surface area (Å²) in [5.74, 6) is -3.02. The third kappa shape index (κ3) is 39.7. The van der Waals surface area contributed by atoms with Crippen LogP contribution in [0.3, 0.4) is 0 Å². The number of carbonyl (C=O) groups excluding carboxylic acids is 4. The maximum atomic E-state index is 10.6. The van der Waals surface area contributed by atoms with Crippen LogP contribution in [-0.4, -0.2) is 35.2 Å². The number of aliphatic carboxylic acids is 2. The molecule has 0 heterocycles. The van der Waals surface area contributed by atoms with E-state index < -0.39 is 24.8 Å². The van der Waals surface area contributed by atoms with E-state index in [0.717, 1.165) is 32.1 Å². The summed E-state index contributed by atoms with van der Waals surface area (Å²) in [6.45, 7) is 6.15. The minimum atomic E-state index is -1.28. The number of aliphatic hydroxyl groups is 1. The first-order chi connectivity index (χ1) is 11.2. The molecule has 0 saturated heterocycles. The fourth-order valence-corrected chi connectivity index (χ4v) is 1.25. The van der Waals surface area contributed by atoms with Gasteiger partial charge in [0.2, 0.25) is 0 Å². The van der Waals surface area contributed by atoms with Crippen LogP contribution >= 0.6 is 0 Å². The molecule has 0 rings (SSSR count). The Morgan fingerprint density at radius 2 is 1.00 bits per heavy atom. The molecule has 0 aliphatic carbocycles. The Bertz CT molecular complexity index is 323. The Kier molecular flexibility index (Phi) is 32.3. The summed E-state index contributed by atoms with van der Waals surface area (Å²) in [6.07, 6.45) is 4.12. The van der Waals surface area contributed by atoms with Gasteiger partial charge in [0.25, 0.3) is 0 Å². The van der Waals surface area contributed by atoms with Gasteiger partial charge in [0.1, 0.15) is 11.6 Å². The van der Waals surface area contributed by atoms with Crippen LogP contribution in [-0.2, 0) is 45.4 Å². The van der Waals surface area contributed by atoms with Crippen LogP contribution < -0.4 is 10.2 Å². The molecule has 0 atom stereocenters. The summed E-state index contributed by atoms with van der Waals surface area (Å²) in [5.41, 5.74) is 0. The number of rotatable bonds is 11. The molecule has 0 amide bonds. The van der Waals surface area contributed by atoms with Gasteiger partial charge in [0, 0.05) is 44.2 Å². The van der Waals surface area contributed by atoms with Crippen molar-refractivity contribution in [3.63, 3.8) is 0 Å². The molecule has 0 aliphatic heterocycles. The average molecular weight is 438 g/mol. The van der Waals surface area contributed by atoms with Gasteiger partial charge in [0.05, 0.1) is 0 Å². The SMILES string of the molecule is CCCCC(=O)CC(=O)[O-].CCCCC(=O)CC(=O)[O-].CCCO.[Zr+2]. The summed E-state index contributed by atoms with van der Waals surface area (Å²) in [6, 6.07) is 0. The summed E-state index contributed by atoms with van der Waals surface area (Å²) in [7, 11) is 0. The molecule has 8 heteroatoms. The van der Waals surface area contributed by atoms with Gasteiger partial charge < -0.3 is 24.9 Å². The number of carbonyl (C=O) groups is 4. The molecule has 0 radical (unpaired) electrons. The van der Waals surface area contributed by atoms with Crippen molar-refractivity contribution in [2.45, 2.75) is 78.6 Å². The van der Waals surface area contributed by atoms with E-state index in [1.54, 1.807) is 0 Å². The second-order valence-electron chi connectivity index (χ2n) is 5.11. The molecule has 7 nitrogen and oxygen atoms in total. The van der Waals surface area contributed by atoms with Crippen molar-refractivity contribution in [1.82, 2.24) is 0 Å². The van der Waals surface area contributed by atoms with Gasteiger partial charge in [-0.3, -0.25) is 9.59 Å². The molecule has 0 fully saturated rings. The van der Waals surface area contributed by atoms with Crippen molar-refractivity contribution in [2.24, 2.45) is 0 Å². The molecule has 25 heavy (non-hydrogen) atoms. The second kappa shape index (κ2) is 25.4. The fraction of sp³-hybridized carbons (Fsp3) is 0.765. The van der Waals surface area contributed by atoms with Crippen molar-refractivity contribution in [3.05, 3.63) is 0 Å². The van der Waals surface area contributed by atoms with Gasteiger partial charge in [-0.2, -0.15) is 0 Å². The van der Waals surface area contributed by atoms with Crippen molar-refractivity contribution >= 4 is 23.5 Å². The van der Waals surface area contributed by atoms with Crippen molar-refractivity contribution < 1.29 is 60.7 Å². The number of ketones is 2. The van der Waals surface area contributed by atoms with Gasteiger partial charge in [-0.05, 0) is 19.3 Å². The van der Waals surface area contributed by atoms with E-state index in [2.05, 4.69) is 0 Å². The summed E-state index contributed by atoms with van der Waals surface area (Å²) >= 11 is 0. The topological polar surface area (TPSA) is 135 Å². The Hall–Kier alpha value is -0.877. The Balaban J connectivity index is -0.000000141. The minimum Gasteiger partial charge on any atom is -0.550 e. The van der Waals surface area contributed by atoms with E-state index in [9.17, 15) is 29.4 Å². The predicted molar refractivity (Wildman–Crippen MR) is 85.7 cm³/mol. The molecule has 0 bridgehead atoms. The number of hydrogen-bond donors (Lipinski definition) is 1. The largest absolute Gasteiger partial charge is 2.00 e. The van der Waals surface area contributed by atoms with E-state index in [0.29, 0.717) is 19.4 Å². The normalized spacial score (nSPS) is 8.64. The molecule has 1 N–H and O–H groups in total. The smallest absolute Gasteiger partial charge is 0.550 e. The van der Waals surface area contributed by atoms with Gasteiger partial charge in [-0.15, -0.1) is 0 Å². The molecular weight excluding hydrogens is 407 g/mol. The standard InChI is InChI=1S/2C7H12O3.C3H8O.Zr/c2*1-2-3-4-6(8)5-7(9)10;1-2-3-4;/h2*2-5H2,1H3,(H,9,10);4H,2-3H2,1H3;/q;;;+2/p-2. The van der Waals surface area contributed by atoms with Crippen molar-refractivity contribution in [2.75, 3.05) is 6.61 Å². The van der Waals surface area contributed by atoms with E-state index in [4.69, 9.17) is 5.11 Å².